The topological polar surface area (TPSA) is 77.3 Å². The van der Waals surface area contributed by atoms with Gasteiger partial charge in [0.15, 0.2) is 34.9 Å². The van der Waals surface area contributed by atoms with Crippen molar-refractivity contribution in [1.82, 2.24) is 29.9 Å². The van der Waals surface area contributed by atoms with Crippen molar-refractivity contribution in [1.29, 1.82) is 0 Å². The minimum Gasteiger partial charge on any atom is -0.208 e. The van der Waals surface area contributed by atoms with E-state index in [-0.39, 0.29) is 0 Å². The third-order valence-electron chi connectivity index (χ3n) is 12.8. The molecule has 9 aromatic carbocycles. The van der Waals surface area contributed by atoms with Gasteiger partial charge in [0.25, 0.3) is 0 Å². The van der Waals surface area contributed by atoms with E-state index in [9.17, 15) is 0 Å². The normalized spacial score (nSPS) is 11.7. The monoisotopic (exact) mass is 898 g/mol. The van der Waals surface area contributed by atoms with Crippen LogP contribution in [0, 0.1) is 0 Å². The lowest BCUT2D eigenvalue weighted by Gasteiger charge is -2.37. The maximum absolute atomic E-state index is 5.17. The van der Waals surface area contributed by atoms with Crippen LogP contribution in [0.5, 0.6) is 0 Å². The quantitative estimate of drug-likeness (QED) is 0.0898. The molecule has 11 rings (SSSR count). The second-order valence-electron chi connectivity index (χ2n) is 17.1. The Morgan fingerprint density at radius 3 is 1.11 bits per heavy atom. The average Bonchev–Trinajstić information content (AvgIpc) is 3.44. The fourth-order valence-corrected chi connectivity index (χ4v) is 9.42. The molecule has 0 aliphatic rings. The Labute approximate surface area is 407 Å². The minimum absolute atomic E-state index is 0.583. The molecule has 0 aliphatic carbocycles. The molecule has 332 valence electrons. The van der Waals surface area contributed by atoms with Crippen molar-refractivity contribution in [2.75, 3.05) is 0 Å². The SMILES string of the molecule is C=C(/C=C\C=C/C)C(c1ccccc1)(c1ccc(-c2nc(-c3ccccc3)nc(-c3cccc4ccccc34)n2)cc1)c1ccc(-c2nc(-c3ccccc3)nc(-c3cccc4ccccc34)n2)cc1. The molecule has 6 nitrogen and oxygen atoms in total. The van der Waals surface area contributed by atoms with E-state index in [1.54, 1.807) is 0 Å². The Bertz CT molecular complexity index is 3500. The highest BCUT2D eigenvalue weighted by atomic mass is 15.0. The number of nitrogens with zero attached hydrogens (tertiary/aromatic N) is 6. The van der Waals surface area contributed by atoms with Crippen LogP contribution in [0.4, 0.5) is 0 Å². The molecule has 2 aromatic heterocycles. The molecule has 0 atom stereocenters. The molecular weight excluding hydrogens is 853 g/mol. The van der Waals surface area contributed by atoms with Gasteiger partial charge in [0.2, 0.25) is 0 Å². The van der Waals surface area contributed by atoms with Gasteiger partial charge in [-0.3, -0.25) is 0 Å². The van der Waals surface area contributed by atoms with E-state index in [2.05, 4.69) is 176 Å². The number of aromatic nitrogens is 6. The van der Waals surface area contributed by atoms with Crippen molar-refractivity contribution in [3.63, 3.8) is 0 Å². The van der Waals surface area contributed by atoms with E-state index in [0.29, 0.717) is 34.9 Å². The van der Waals surface area contributed by atoms with Crippen LogP contribution in [0.3, 0.4) is 0 Å². The van der Waals surface area contributed by atoms with Crippen LogP contribution in [0.1, 0.15) is 23.6 Å². The Morgan fingerprint density at radius 1 is 0.343 bits per heavy atom. The van der Waals surface area contributed by atoms with E-state index < -0.39 is 5.41 Å². The van der Waals surface area contributed by atoms with Crippen LogP contribution in [-0.4, -0.2) is 29.9 Å². The standard InChI is InChI=1S/C64H46N6/c1-3-4-8-21-44(2)64(51-30-13-7-14-31-51,52-40-36-49(37-41-52)60-65-58(47-24-9-5-10-25-47)67-62(69-60)56-34-19-28-45-22-15-17-32-54(45)56)53-42-38-50(39-43-53)61-66-59(48-26-11-6-12-27-48)68-63(70-61)57-35-20-29-46-23-16-18-33-55(46)57/h3-43H,2H2,1H3/b4-3-,21-8-. The van der Waals surface area contributed by atoms with Crippen molar-refractivity contribution in [3.05, 3.63) is 278 Å². The largest absolute Gasteiger partial charge is 0.208 e. The predicted molar refractivity (Wildman–Crippen MR) is 287 cm³/mol. The molecule has 0 saturated heterocycles. The molecule has 0 aliphatic heterocycles. The first-order valence-corrected chi connectivity index (χ1v) is 23.4. The van der Waals surface area contributed by atoms with Crippen molar-refractivity contribution >= 4 is 21.5 Å². The van der Waals surface area contributed by atoms with Gasteiger partial charge in [-0.1, -0.05) is 255 Å². The Balaban J connectivity index is 1.05. The summed E-state index contributed by atoms with van der Waals surface area (Å²) in [6.07, 6.45) is 8.22. The summed E-state index contributed by atoms with van der Waals surface area (Å²) in [5.41, 5.74) is 8.66. The summed E-state index contributed by atoms with van der Waals surface area (Å²) in [6.45, 7) is 6.85. The number of hydrogen-bond acceptors (Lipinski definition) is 6. The number of benzene rings is 9. The second kappa shape index (κ2) is 19.2. The number of allylic oxidation sites excluding steroid dienone is 5. The van der Waals surface area contributed by atoms with Crippen LogP contribution in [0.2, 0.25) is 0 Å². The van der Waals surface area contributed by atoms with E-state index in [0.717, 1.165) is 77.2 Å². The highest BCUT2D eigenvalue weighted by Gasteiger charge is 2.38. The van der Waals surface area contributed by atoms with E-state index in [4.69, 9.17) is 36.5 Å². The number of hydrogen-bond donors (Lipinski definition) is 0. The lowest BCUT2D eigenvalue weighted by atomic mass is 9.65. The molecule has 0 bridgehead atoms. The number of rotatable bonds is 12. The van der Waals surface area contributed by atoms with Crippen molar-refractivity contribution in [2.24, 2.45) is 0 Å². The summed E-state index contributed by atoms with van der Waals surface area (Å²) in [7, 11) is 0. The van der Waals surface area contributed by atoms with Gasteiger partial charge in [0.05, 0.1) is 5.41 Å². The summed E-state index contributed by atoms with van der Waals surface area (Å²) in [5.74, 6) is 3.61. The molecule has 11 aromatic rings. The van der Waals surface area contributed by atoms with E-state index in [1.165, 1.54) is 0 Å². The molecule has 2 heterocycles. The fourth-order valence-electron chi connectivity index (χ4n) is 9.42. The summed E-state index contributed by atoms with van der Waals surface area (Å²) < 4.78 is 0. The van der Waals surface area contributed by atoms with Gasteiger partial charge >= 0.3 is 0 Å². The Kier molecular flexibility index (Phi) is 11.9. The molecule has 0 N–H and O–H groups in total. The molecule has 0 spiro atoms. The number of fused-ring (bicyclic) bond motifs is 2. The van der Waals surface area contributed by atoms with Gasteiger partial charge in [-0.25, -0.2) is 29.9 Å². The average molecular weight is 899 g/mol. The lowest BCUT2D eigenvalue weighted by Crippen LogP contribution is -2.31. The first kappa shape index (κ1) is 43.3. The van der Waals surface area contributed by atoms with Gasteiger partial charge in [0.1, 0.15) is 0 Å². The van der Waals surface area contributed by atoms with Crippen molar-refractivity contribution in [2.45, 2.75) is 12.3 Å². The molecule has 0 radical (unpaired) electrons. The van der Waals surface area contributed by atoms with Crippen LogP contribution >= 0.6 is 0 Å². The smallest absolute Gasteiger partial charge is 0.164 e. The fraction of sp³-hybridized carbons (Fsp3) is 0.0312. The van der Waals surface area contributed by atoms with Gasteiger partial charge in [0, 0.05) is 33.4 Å². The minimum atomic E-state index is -0.818. The Morgan fingerprint density at radius 2 is 0.686 bits per heavy atom. The molecule has 70 heavy (non-hydrogen) atoms. The van der Waals surface area contributed by atoms with Crippen LogP contribution in [-0.2, 0) is 5.41 Å². The maximum atomic E-state index is 5.17. The van der Waals surface area contributed by atoms with Crippen LogP contribution in [0.15, 0.2) is 261 Å². The second-order valence-corrected chi connectivity index (χ2v) is 17.1. The first-order chi connectivity index (χ1) is 34.6. The summed E-state index contributed by atoms with van der Waals surface area (Å²) >= 11 is 0. The molecule has 0 amide bonds. The van der Waals surface area contributed by atoms with Gasteiger partial charge in [-0.05, 0) is 50.7 Å². The summed E-state index contributed by atoms with van der Waals surface area (Å²) in [5, 5.41) is 4.41. The highest BCUT2D eigenvalue weighted by Crippen LogP contribution is 2.46. The molecule has 6 heteroatoms. The molecule has 0 unspecified atom stereocenters. The van der Waals surface area contributed by atoms with Crippen molar-refractivity contribution < 1.29 is 0 Å². The zero-order valence-corrected chi connectivity index (χ0v) is 38.6. The van der Waals surface area contributed by atoms with E-state index in [1.807, 2.05) is 79.7 Å². The summed E-state index contributed by atoms with van der Waals surface area (Å²) in [6, 6.07) is 77.2. The molecule has 0 saturated carbocycles. The third-order valence-corrected chi connectivity index (χ3v) is 12.8. The molecular formula is C64H46N6. The van der Waals surface area contributed by atoms with Crippen molar-refractivity contribution in [3.8, 4) is 68.3 Å². The van der Waals surface area contributed by atoms with Gasteiger partial charge < -0.3 is 0 Å². The molecule has 0 fully saturated rings. The van der Waals surface area contributed by atoms with Crippen LogP contribution < -0.4 is 0 Å². The maximum Gasteiger partial charge on any atom is 0.164 e. The zero-order chi connectivity index (χ0) is 47.3. The van der Waals surface area contributed by atoms with Crippen LogP contribution in [0.25, 0.3) is 89.9 Å². The highest BCUT2D eigenvalue weighted by molar-refractivity contribution is 5.96. The van der Waals surface area contributed by atoms with E-state index >= 15 is 0 Å². The summed E-state index contributed by atoms with van der Waals surface area (Å²) in [4.78, 5) is 30.7. The zero-order valence-electron chi connectivity index (χ0n) is 38.6. The Hall–Kier alpha value is -9.26. The predicted octanol–water partition coefficient (Wildman–Crippen LogP) is 15.4. The van der Waals surface area contributed by atoms with Gasteiger partial charge in [-0.15, -0.1) is 0 Å². The van der Waals surface area contributed by atoms with Gasteiger partial charge in [-0.2, -0.15) is 0 Å². The first-order valence-electron chi connectivity index (χ1n) is 23.4. The third kappa shape index (κ3) is 8.29. The lowest BCUT2D eigenvalue weighted by molar-refractivity contribution is 0.747.